The van der Waals surface area contributed by atoms with Gasteiger partial charge in [0.05, 0.1) is 17.2 Å². The molecule has 0 radical (unpaired) electrons. The second kappa shape index (κ2) is 17.2. The molecule has 1 N–H and O–H groups in total. The maximum absolute atomic E-state index is 14.8. The molecule has 0 spiro atoms. The van der Waals surface area contributed by atoms with Crippen molar-refractivity contribution in [2.45, 2.75) is 75.9 Å². The van der Waals surface area contributed by atoms with Crippen molar-refractivity contribution in [2.75, 3.05) is 17.5 Å². The number of carbonyl (C=O) groups is 2. The van der Waals surface area contributed by atoms with Crippen LogP contribution in [-0.2, 0) is 32.6 Å². The molecule has 0 aromatic heterocycles. The molecule has 1 saturated carbocycles. The number of nitrogens with one attached hydrogen (secondary N) is 1. The summed E-state index contributed by atoms with van der Waals surface area (Å²) < 4.78 is 35.3. The zero-order chi connectivity index (χ0) is 35.7. The van der Waals surface area contributed by atoms with E-state index in [0.717, 1.165) is 47.5 Å². The summed E-state index contributed by atoms with van der Waals surface area (Å²) >= 11 is 13.3. The van der Waals surface area contributed by atoms with Crippen LogP contribution < -0.4 is 14.4 Å². The van der Waals surface area contributed by atoms with Crippen LogP contribution in [0.3, 0.4) is 0 Å². The molecule has 0 aliphatic heterocycles. The predicted molar refractivity (Wildman–Crippen MR) is 199 cm³/mol. The van der Waals surface area contributed by atoms with E-state index in [1.54, 1.807) is 54.6 Å². The second-order valence-corrected chi connectivity index (χ2v) is 15.2. The molecular weight excluding hydrogens is 693 g/mol. The quantitative estimate of drug-likeness (QED) is 0.142. The number of rotatable bonds is 14. The molecule has 1 aliphatic rings. The first-order valence-corrected chi connectivity index (χ1v) is 19.2. The molecule has 264 valence electrons. The zero-order valence-corrected chi connectivity index (χ0v) is 30.7. The molecule has 5 rings (SSSR count). The summed E-state index contributed by atoms with van der Waals surface area (Å²) in [5.74, 6) is -0.371. The van der Waals surface area contributed by atoms with Gasteiger partial charge in [-0.15, -0.1) is 0 Å². The maximum atomic E-state index is 14.8. The van der Waals surface area contributed by atoms with Gasteiger partial charge in [0.2, 0.25) is 11.8 Å². The molecule has 0 heterocycles. The third-order valence-electron chi connectivity index (χ3n) is 8.94. The minimum atomic E-state index is -4.27. The van der Waals surface area contributed by atoms with Gasteiger partial charge in [0.25, 0.3) is 10.0 Å². The Morgan fingerprint density at radius 2 is 1.50 bits per heavy atom. The lowest BCUT2D eigenvalue weighted by atomic mass is 9.94. The Bertz CT molecular complexity index is 1830. The van der Waals surface area contributed by atoms with Crippen LogP contribution in [0.5, 0.6) is 5.75 Å². The number of aryl methyl sites for hydroxylation is 1. The van der Waals surface area contributed by atoms with E-state index in [9.17, 15) is 18.0 Å². The molecule has 1 aliphatic carbocycles. The average molecular weight is 737 g/mol. The van der Waals surface area contributed by atoms with Crippen LogP contribution in [0.4, 0.5) is 5.69 Å². The molecule has 0 saturated heterocycles. The summed E-state index contributed by atoms with van der Waals surface area (Å²) in [6.07, 6.45) is 5.06. The van der Waals surface area contributed by atoms with Crippen LogP contribution in [-0.4, -0.2) is 50.4 Å². The molecule has 0 bridgehead atoms. The zero-order valence-electron chi connectivity index (χ0n) is 28.4. The van der Waals surface area contributed by atoms with E-state index in [-0.39, 0.29) is 29.8 Å². The standard InChI is InChI=1S/C39H43Cl2N3O5S/c1-3-49-32-21-23-33(24-22-32)50(47,48)44(31-19-17-28(2)18-20-31)27-38(45)43(26-34-35(40)15-10-16-36(34)41)37(25-29-11-6-4-7-12-29)39(46)42-30-13-8-5-9-14-30/h4,6-7,10-12,15-24,30,37H,3,5,8-9,13-14,25-27H2,1-2H3,(H,42,46). The second-order valence-electron chi connectivity index (χ2n) is 12.5. The topological polar surface area (TPSA) is 96.0 Å². The summed E-state index contributed by atoms with van der Waals surface area (Å²) in [5.41, 5.74) is 2.54. The molecule has 1 fully saturated rings. The van der Waals surface area contributed by atoms with E-state index in [0.29, 0.717) is 33.7 Å². The predicted octanol–water partition coefficient (Wildman–Crippen LogP) is 7.98. The van der Waals surface area contributed by atoms with Crippen LogP contribution in [0.1, 0.15) is 55.7 Å². The lowest BCUT2D eigenvalue weighted by molar-refractivity contribution is -0.140. The van der Waals surface area contributed by atoms with Crippen LogP contribution in [0, 0.1) is 6.92 Å². The van der Waals surface area contributed by atoms with Gasteiger partial charge in [0, 0.05) is 34.6 Å². The fraction of sp³-hybridized carbons (Fsp3) is 0.333. The summed E-state index contributed by atoms with van der Waals surface area (Å²) in [6, 6.07) is 26.5. The number of nitrogens with zero attached hydrogens (tertiary/aromatic N) is 2. The molecule has 4 aromatic rings. The molecular formula is C39H43Cl2N3O5S. The van der Waals surface area contributed by atoms with Gasteiger partial charge in [-0.2, -0.15) is 0 Å². The Balaban J connectivity index is 1.58. The van der Waals surface area contributed by atoms with Crippen molar-refractivity contribution < 1.29 is 22.7 Å². The van der Waals surface area contributed by atoms with Gasteiger partial charge in [-0.3, -0.25) is 13.9 Å². The van der Waals surface area contributed by atoms with Crippen LogP contribution in [0.2, 0.25) is 10.0 Å². The fourth-order valence-electron chi connectivity index (χ4n) is 6.19. The molecule has 11 heteroatoms. The van der Waals surface area contributed by atoms with Crippen molar-refractivity contribution in [3.05, 3.63) is 124 Å². The number of amides is 2. The highest BCUT2D eigenvalue weighted by atomic mass is 35.5. The largest absolute Gasteiger partial charge is 0.494 e. The van der Waals surface area contributed by atoms with Gasteiger partial charge in [-0.1, -0.05) is 96.6 Å². The summed E-state index contributed by atoms with van der Waals surface area (Å²) in [7, 11) is -4.27. The SMILES string of the molecule is CCOc1ccc(S(=O)(=O)N(CC(=O)N(Cc2c(Cl)cccc2Cl)C(Cc2ccccc2)C(=O)NC2CCCCC2)c2ccc(C)cc2)cc1. The average Bonchev–Trinajstić information content (AvgIpc) is 3.11. The van der Waals surface area contributed by atoms with E-state index in [4.69, 9.17) is 27.9 Å². The van der Waals surface area contributed by atoms with E-state index >= 15 is 0 Å². The van der Waals surface area contributed by atoms with E-state index in [1.165, 1.54) is 17.0 Å². The van der Waals surface area contributed by atoms with Crippen LogP contribution in [0.15, 0.2) is 102 Å². The van der Waals surface area contributed by atoms with E-state index in [1.807, 2.05) is 44.2 Å². The van der Waals surface area contributed by atoms with Crippen molar-refractivity contribution in [1.82, 2.24) is 10.2 Å². The number of anilines is 1. The van der Waals surface area contributed by atoms with Gasteiger partial charge < -0.3 is 15.0 Å². The first kappa shape index (κ1) is 37.2. The molecule has 50 heavy (non-hydrogen) atoms. The Morgan fingerprint density at radius 1 is 0.860 bits per heavy atom. The number of benzene rings is 4. The monoisotopic (exact) mass is 735 g/mol. The molecule has 8 nitrogen and oxygen atoms in total. The van der Waals surface area contributed by atoms with Gasteiger partial charge in [-0.25, -0.2) is 8.42 Å². The summed E-state index contributed by atoms with van der Waals surface area (Å²) in [6.45, 7) is 3.48. The molecule has 1 unspecified atom stereocenters. The highest BCUT2D eigenvalue weighted by molar-refractivity contribution is 7.92. The molecule has 4 aromatic carbocycles. The lowest BCUT2D eigenvalue weighted by Crippen LogP contribution is -2.55. The summed E-state index contributed by atoms with van der Waals surface area (Å²) in [4.78, 5) is 30.5. The van der Waals surface area contributed by atoms with Crippen molar-refractivity contribution in [1.29, 1.82) is 0 Å². The fourth-order valence-corrected chi connectivity index (χ4v) is 8.12. The Morgan fingerprint density at radius 3 is 2.12 bits per heavy atom. The van der Waals surface area contributed by atoms with E-state index < -0.39 is 28.5 Å². The van der Waals surface area contributed by atoms with Crippen molar-refractivity contribution >= 4 is 50.7 Å². The van der Waals surface area contributed by atoms with Crippen LogP contribution >= 0.6 is 23.2 Å². The number of halogens is 2. The highest BCUT2D eigenvalue weighted by Crippen LogP contribution is 2.30. The third-order valence-corrected chi connectivity index (χ3v) is 11.4. The third kappa shape index (κ3) is 9.38. The smallest absolute Gasteiger partial charge is 0.264 e. The van der Waals surface area contributed by atoms with Gasteiger partial charge in [-0.05, 0) is 80.8 Å². The Labute approximate surface area is 305 Å². The number of sulfonamides is 1. The Hall–Kier alpha value is -4.05. The van der Waals surface area contributed by atoms with Crippen molar-refractivity contribution in [3.8, 4) is 5.75 Å². The van der Waals surface area contributed by atoms with Crippen LogP contribution in [0.25, 0.3) is 0 Å². The van der Waals surface area contributed by atoms with Crippen molar-refractivity contribution in [3.63, 3.8) is 0 Å². The first-order valence-electron chi connectivity index (χ1n) is 17.0. The van der Waals surface area contributed by atoms with Crippen molar-refractivity contribution in [2.24, 2.45) is 0 Å². The number of hydrogen-bond donors (Lipinski definition) is 1. The van der Waals surface area contributed by atoms with Gasteiger partial charge >= 0.3 is 0 Å². The van der Waals surface area contributed by atoms with Gasteiger partial charge in [0.15, 0.2) is 0 Å². The molecule has 1 atom stereocenters. The Kier molecular flexibility index (Phi) is 12.8. The first-order chi connectivity index (χ1) is 24.1. The lowest BCUT2D eigenvalue weighted by Gasteiger charge is -2.35. The molecule has 2 amide bonds. The number of hydrogen-bond acceptors (Lipinski definition) is 5. The summed E-state index contributed by atoms with van der Waals surface area (Å²) in [5, 5.41) is 3.87. The minimum absolute atomic E-state index is 0.00842. The normalized spacial score (nSPS) is 14.1. The number of ether oxygens (including phenoxy) is 1. The number of carbonyl (C=O) groups excluding carboxylic acids is 2. The van der Waals surface area contributed by atoms with Gasteiger partial charge in [0.1, 0.15) is 18.3 Å². The highest BCUT2D eigenvalue weighted by Gasteiger charge is 2.36. The minimum Gasteiger partial charge on any atom is -0.494 e. The van der Waals surface area contributed by atoms with E-state index in [2.05, 4.69) is 5.32 Å². The maximum Gasteiger partial charge on any atom is 0.264 e.